The number of furan rings is 1. The van der Waals surface area contributed by atoms with Gasteiger partial charge < -0.3 is 4.42 Å². The van der Waals surface area contributed by atoms with Gasteiger partial charge in [0.15, 0.2) is 0 Å². The Morgan fingerprint density at radius 3 is 1.60 bits per heavy atom. The fraction of sp³-hybridized carbons (Fsp3) is 0. The van der Waals surface area contributed by atoms with E-state index in [1.165, 1.54) is 10.9 Å². The lowest BCUT2D eigenvalue weighted by atomic mass is 9.85. The van der Waals surface area contributed by atoms with Gasteiger partial charge in [-0.15, -0.1) is 0 Å². The zero-order valence-corrected chi connectivity index (χ0v) is 30.6. The van der Waals surface area contributed by atoms with Crippen LogP contribution in [0.5, 0.6) is 0 Å². The summed E-state index contributed by atoms with van der Waals surface area (Å²) in [6, 6.07) is 66.6. The molecule has 0 bridgehead atoms. The fourth-order valence-electron chi connectivity index (χ4n) is 9.33. The molecule has 262 valence electrons. The van der Waals surface area contributed by atoms with Crippen LogP contribution in [0.25, 0.3) is 120 Å². The lowest BCUT2D eigenvalue weighted by Gasteiger charge is -2.18. The summed E-state index contributed by atoms with van der Waals surface area (Å²) < 4.78 is 7.04. The first-order chi connectivity index (χ1) is 28.2. The highest BCUT2D eigenvalue weighted by Gasteiger charge is 2.23. The second-order valence-electron chi connectivity index (χ2n) is 14.9. The molecule has 12 rings (SSSR count). The maximum atomic E-state index is 9.53. The highest BCUT2D eigenvalue weighted by molar-refractivity contribution is 6.37. The van der Waals surface area contributed by atoms with Crippen LogP contribution in [0.4, 0.5) is 0 Å². The molecule has 3 nitrogen and oxygen atoms in total. The standard InChI is InChI=1S/C54H30N2O/c55-31-32-22-24-33(25-23-32)48-38-16-6-8-18-40(38)49(41-19-9-7-17-39(41)48)37-26-27-44-46(29-37)56-53(34-12-2-1-3-13-34)51-43-21-11-10-20-42(43)50-45-28-35-14-4-5-15-36(35)30-47(45)57-54(50)52(44)51/h1-30H. The summed E-state index contributed by atoms with van der Waals surface area (Å²) >= 11 is 0. The zero-order valence-electron chi connectivity index (χ0n) is 30.6. The van der Waals surface area contributed by atoms with Crippen molar-refractivity contribution in [2.75, 3.05) is 0 Å². The molecule has 57 heavy (non-hydrogen) atoms. The number of hydrogen-bond acceptors (Lipinski definition) is 3. The van der Waals surface area contributed by atoms with Crippen LogP contribution < -0.4 is 0 Å². The minimum atomic E-state index is 0.649. The zero-order chi connectivity index (χ0) is 37.6. The molecule has 10 aromatic carbocycles. The highest BCUT2D eigenvalue weighted by Crippen LogP contribution is 2.48. The summed E-state index contributed by atoms with van der Waals surface area (Å²) in [7, 11) is 0. The Balaban J connectivity index is 1.22. The van der Waals surface area contributed by atoms with Gasteiger partial charge in [-0.1, -0.05) is 152 Å². The molecule has 0 N–H and O–H groups in total. The maximum absolute atomic E-state index is 9.53. The van der Waals surface area contributed by atoms with Gasteiger partial charge in [-0.2, -0.15) is 5.26 Å². The van der Waals surface area contributed by atoms with E-state index in [2.05, 4.69) is 176 Å². The average molecular weight is 723 g/mol. The van der Waals surface area contributed by atoms with Gasteiger partial charge in [0.1, 0.15) is 11.2 Å². The Morgan fingerprint density at radius 1 is 0.404 bits per heavy atom. The first kappa shape index (κ1) is 31.5. The van der Waals surface area contributed by atoms with Crippen LogP contribution in [0, 0.1) is 11.3 Å². The molecule has 0 saturated heterocycles. The third-order valence-electron chi connectivity index (χ3n) is 11.8. The molecule has 3 heteroatoms. The molecular weight excluding hydrogens is 693 g/mol. The molecule has 0 saturated carbocycles. The SMILES string of the molecule is N#Cc1ccc(-c2c3ccccc3c(-c3ccc4c(c3)nc(-c3ccccc3)c3c5ccccc5c5c6cc7ccccc7cc6oc5c43)c3ccccc23)cc1. The molecule has 0 unspecified atom stereocenters. The fourth-order valence-corrected chi connectivity index (χ4v) is 9.33. The quantitative estimate of drug-likeness (QED) is 0.135. The van der Waals surface area contributed by atoms with Crippen molar-refractivity contribution in [3.8, 4) is 39.6 Å². The van der Waals surface area contributed by atoms with E-state index in [0.717, 1.165) is 109 Å². The third kappa shape index (κ3) is 4.62. The number of aromatic nitrogens is 1. The number of benzene rings is 10. The predicted octanol–water partition coefficient (Wildman–Crippen LogP) is 14.8. The smallest absolute Gasteiger partial charge is 0.144 e. The van der Waals surface area contributed by atoms with Crippen molar-refractivity contribution < 1.29 is 4.42 Å². The molecule has 0 spiro atoms. The molecule has 0 fully saturated rings. The topological polar surface area (TPSA) is 49.8 Å². The van der Waals surface area contributed by atoms with Crippen LogP contribution in [0.3, 0.4) is 0 Å². The van der Waals surface area contributed by atoms with Crippen LogP contribution in [0.1, 0.15) is 5.56 Å². The second-order valence-corrected chi connectivity index (χ2v) is 14.9. The predicted molar refractivity (Wildman–Crippen MR) is 238 cm³/mol. The van der Waals surface area contributed by atoms with Crippen molar-refractivity contribution >= 4 is 86.7 Å². The molecular formula is C54H30N2O. The Labute approximate surface area is 327 Å². The van der Waals surface area contributed by atoms with E-state index < -0.39 is 0 Å². The monoisotopic (exact) mass is 722 g/mol. The number of fused-ring (bicyclic) bond motifs is 13. The Kier molecular flexibility index (Phi) is 6.70. The van der Waals surface area contributed by atoms with E-state index in [4.69, 9.17) is 9.40 Å². The summed E-state index contributed by atoms with van der Waals surface area (Å²) in [4.78, 5) is 5.59. The van der Waals surface area contributed by atoms with Crippen LogP contribution in [0.2, 0.25) is 0 Å². The molecule has 0 atom stereocenters. The van der Waals surface area contributed by atoms with Gasteiger partial charge in [-0.3, -0.25) is 0 Å². The van der Waals surface area contributed by atoms with Crippen molar-refractivity contribution in [2.24, 2.45) is 0 Å². The molecule has 0 aliphatic carbocycles. The molecule has 12 aromatic rings. The van der Waals surface area contributed by atoms with E-state index in [9.17, 15) is 5.26 Å². The van der Waals surface area contributed by atoms with Gasteiger partial charge in [0.2, 0.25) is 0 Å². The first-order valence-corrected chi connectivity index (χ1v) is 19.3. The van der Waals surface area contributed by atoms with Gasteiger partial charge >= 0.3 is 0 Å². The highest BCUT2D eigenvalue weighted by atomic mass is 16.3. The largest absolute Gasteiger partial charge is 0.455 e. The lowest BCUT2D eigenvalue weighted by Crippen LogP contribution is -1.94. The maximum Gasteiger partial charge on any atom is 0.144 e. The Bertz CT molecular complexity index is 3630. The number of pyridine rings is 1. The minimum absolute atomic E-state index is 0.649. The van der Waals surface area contributed by atoms with E-state index in [-0.39, 0.29) is 0 Å². The number of hydrogen-bond donors (Lipinski definition) is 0. The van der Waals surface area contributed by atoms with E-state index in [1.54, 1.807) is 0 Å². The van der Waals surface area contributed by atoms with Crippen LogP contribution in [-0.4, -0.2) is 4.98 Å². The minimum Gasteiger partial charge on any atom is -0.455 e. The van der Waals surface area contributed by atoms with Crippen molar-refractivity contribution in [1.82, 2.24) is 4.98 Å². The summed E-state index contributed by atoms with van der Waals surface area (Å²) in [5, 5.41) is 24.3. The number of rotatable bonds is 3. The molecule has 0 radical (unpaired) electrons. The second kappa shape index (κ2) is 12.1. The van der Waals surface area contributed by atoms with Crippen molar-refractivity contribution in [3.63, 3.8) is 0 Å². The Morgan fingerprint density at radius 2 is 0.947 bits per heavy atom. The number of nitriles is 1. The molecule has 0 aliphatic heterocycles. The molecule has 0 aliphatic rings. The Hall–Kier alpha value is -7.80. The van der Waals surface area contributed by atoms with Gasteiger partial charge in [0.05, 0.1) is 22.8 Å². The molecule has 2 aromatic heterocycles. The summed E-state index contributed by atoms with van der Waals surface area (Å²) in [6.07, 6.45) is 0. The van der Waals surface area contributed by atoms with Gasteiger partial charge in [0, 0.05) is 32.5 Å². The third-order valence-corrected chi connectivity index (χ3v) is 11.8. The van der Waals surface area contributed by atoms with Gasteiger partial charge in [-0.05, 0) is 95.7 Å². The lowest BCUT2D eigenvalue weighted by molar-refractivity contribution is 0.673. The first-order valence-electron chi connectivity index (χ1n) is 19.3. The molecule has 0 amide bonds. The van der Waals surface area contributed by atoms with E-state index >= 15 is 0 Å². The van der Waals surface area contributed by atoms with Gasteiger partial charge in [0.25, 0.3) is 0 Å². The molecule has 2 heterocycles. The summed E-state index contributed by atoms with van der Waals surface area (Å²) in [5.74, 6) is 0. The summed E-state index contributed by atoms with van der Waals surface area (Å²) in [6.45, 7) is 0. The van der Waals surface area contributed by atoms with E-state index in [0.29, 0.717) is 5.56 Å². The van der Waals surface area contributed by atoms with Crippen molar-refractivity contribution in [1.29, 1.82) is 5.26 Å². The summed E-state index contributed by atoms with van der Waals surface area (Å²) in [5.41, 5.74) is 9.83. The van der Waals surface area contributed by atoms with Crippen LogP contribution in [-0.2, 0) is 0 Å². The van der Waals surface area contributed by atoms with Crippen molar-refractivity contribution in [3.05, 3.63) is 188 Å². The van der Waals surface area contributed by atoms with Crippen LogP contribution >= 0.6 is 0 Å². The van der Waals surface area contributed by atoms with Gasteiger partial charge in [-0.25, -0.2) is 4.98 Å². The number of nitrogens with zero attached hydrogens (tertiary/aromatic N) is 2. The van der Waals surface area contributed by atoms with Crippen LogP contribution in [0.15, 0.2) is 186 Å². The normalized spacial score (nSPS) is 11.8. The van der Waals surface area contributed by atoms with E-state index in [1.807, 2.05) is 12.1 Å². The van der Waals surface area contributed by atoms with Crippen molar-refractivity contribution in [2.45, 2.75) is 0 Å². The average Bonchev–Trinajstić information content (AvgIpc) is 3.65.